The molecule has 1 aliphatic rings. The fourth-order valence-corrected chi connectivity index (χ4v) is 4.02. The number of amides is 1. The van der Waals surface area contributed by atoms with Gasteiger partial charge in [0.05, 0.1) is 5.41 Å². The molecule has 1 saturated heterocycles. The Hall–Kier alpha value is -3.05. The maximum absolute atomic E-state index is 13.2. The van der Waals surface area contributed by atoms with Crippen molar-refractivity contribution in [1.29, 1.82) is 0 Å². The fraction of sp³-hybridized carbons (Fsp3) is 0.320. The number of carbonyl (C=O) groups is 1. The van der Waals surface area contributed by atoms with Gasteiger partial charge in [0.1, 0.15) is 0 Å². The SMILES string of the molecule is O=C(NCCc1ccccn1)C1(Cc2ccc(-c3cccnc3)cc2)CCOCC1. The van der Waals surface area contributed by atoms with Crippen LogP contribution in [0.25, 0.3) is 11.1 Å². The van der Waals surface area contributed by atoms with E-state index < -0.39 is 5.41 Å². The summed E-state index contributed by atoms with van der Waals surface area (Å²) in [6, 6.07) is 18.3. The van der Waals surface area contributed by atoms with Gasteiger partial charge in [-0.2, -0.15) is 0 Å². The minimum atomic E-state index is -0.418. The molecule has 3 heterocycles. The van der Waals surface area contributed by atoms with Crippen LogP contribution in [-0.4, -0.2) is 35.6 Å². The lowest BCUT2D eigenvalue weighted by atomic mass is 9.74. The molecule has 0 spiro atoms. The van der Waals surface area contributed by atoms with Crippen molar-refractivity contribution in [2.24, 2.45) is 5.41 Å². The van der Waals surface area contributed by atoms with Crippen LogP contribution in [0.1, 0.15) is 24.1 Å². The lowest BCUT2D eigenvalue weighted by molar-refractivity contribution is -0.136. The zero-order chi connectivity index (χ0) is 20.7. The second-order valence-corrected chi connectivity index (χ2v) is 7.84. The van der Waals surface area contributed by atoms with E-state index in [0.717, 1.165) is 42.5 Å². The summed E-state index contributed by atoms with van der Waals surface area (Å²) in [4.78, 5) is 21.7. The first-order valence-electron chi connectivity index (χ1n) is 10.5. The van der Waals surface area contributed by atoms with Crippen LogP contribution >= 0.6 is 0 Å². The van der Waals surface area contributed by atoms with E-state index in [2.05, 4.69) is 45.6 Å². The van der Waals surface area contributed by atoms with Crippen LogP contribution in [0.4, 0.5) is 0 Å². The van der Waals surface area contributed by atoms with Crippen LogP contribution in [0, 0.1) is 5.41 Å². The molecule has 2 aromatic heterocycles. The van der Waals surface area contributed by atoms with Gasteiger partial charge in [-0.3, -0.25) is 14.8 Å². The molecule has 0 unspecified atom stereocenters. The molecule has 1 aromatic carbocycles. The third-order valence-electron chi connectivity index (χ3n) is 5.82. The zero-order valence-electron chi connectivity index (χ0n) is 17.1. The Morgan fingerprint density at radius 3 is 2.50 bits per heavy atom. The first-order chi connectivity index (χ1) is 14.8. The van der Waals surface area contributed by atoms with Gasteiger partial charge >= 0.3 is 0 Å². The van der Waals surface area contributed by atoms with Crippen LogP contribution in [0.5, 0.6) is 0 Å². The Morgan fingerprint density at radius 2 is 1.80 bits per heavy atom. The highest BCUT2D eigenvalue weighted by atomic mass is 16.5. The highest BCUT2D eigenvalue weighted by molar-refractivity contribution is 5.83. The summed E-state index contributed by atoms with van der Waals surface area (Å²) < 4.78 is 5.57. The minimum Gasteiger partial charge on any atom is -0.381 e. The lowest BCUT2D eigenvalue weighted by Gasteiger charge is -2.36. The molecule has 1 aliphatic heterocycles. The predicted octanol–water partition coefficient (Wildman–Crippen LogP) is 3.84. The standard InChI is InChI=1S/C25H27N3O2/c29-24(28-15-10-23-5-1-2-14-27-23)25(11-16-30-17-12-25)18-20-6-8-21(9-7-20)22-4-3-13-26-19-22/h1-9,13-14,19H,10-12,15-18H2,(H,28,29). The molecule has 5 nitrogen and oxygen atoms in total. The molecular formula is C25H27N3O2. The maximum Gasteiger partial charge on any atom is 0.226 e. The molecule has 154 valence electrons. The van der Waals surface area contributed by atoms with Gasteiger partial charge in [-0.05, 0) is 54.2 Å². The molecular weight excluding hydrogens is 374 g/mol. The second-order valence-electron chi connectivity index (χ2n) is 7.84. The van der Waals surface area contributed by atoms with Crippen molar-refractivity contribution < 1.29 is 9.53 Å². The molecule has 5 heteroatoms. The molecule has 1 N–H and O–H groups in total. The minimum absolute atomic E-state index is 0.123. The zero-order valence-corrected chi connectivity index (χ0v) is 17.1. The second kappa shape index (κ2) is 9.63. The van der Waals surface area contributed by atoms with Gasteiger partial charge in [-0.1, -0.05) is 36.4 Å². The first-order valence-corrected chi connectivity index (χ1v) is 10.5. The largest absolute Gasteiger partial charge is 0.381 e. The summed E-state index contributed by atoms with van der Waals surface area (Å²) in [5.74, 6) is 0.123. The molecule has 3 aromatic rings. The molecule has 0 atom stereocenters. The third kappa shape index (κ3) is 4.92. The van der Waals surface area contributed by atoms with Crippen molar-refractivity contribution >= 4 is 5.91 Å². The highest BCUT2D eigenvalue weighted by Gasteiger charge is 2.39. The Kier molecular flexibility index (Phi) is 6.50. The molecule has 0 bridgehead atoms. The molecule has 1 amide bonds. The van der Waals surface area contributed by atoms with E-state index >= 15 is 0 Å². The van der Waals surface area contributed by atoms with Crippen LogP contribution in [0.15, 0.2) is 73.2 Å². The van der Waals surface area contributed by atoms with Crippen molar-refractivity contribution in [3.63, 3.8) is 0 Å². The van der Waals surface area contributed by atoms with Crippen molar-refractivity contribution in [2.45, 2.75) is 25.7 Å². The smallest absolute Gasteiger partial charge is 0.226 e. The summed E-state index contributed by atoms with van der Waals surface area (Å²) in [6.07, 6.45) is 8.37. The number of benzene rings is 1. The number of pyridine rings is 2. The molecule has 0 saturated carbocycles. The van der Waals surface area contributed by atoms with Crippen LogP contribution in [0.3, 0.4) is 0 Å². The third-order valence-corrected chi connectivity index (χ3v) is 5.82. The molecule has 1 fully saturated rings. The molecule has 4 rings (SSSR count). The van der Waals surface area contributed by atoms with Crippen LogP contribution in [-0.2, 0) is 22.4 Å². The maximum atomic E-state index is 13.2. The van der Waals surface area contributed by atoms with Gasteiger partial charge in [0.25, 0.3) is 0 Å². The summed E-state index contributed by atoms with van der Waals surface area (Å²) in [6.45, 7) is 1.85. The van der Waals surface area contributed by atoms with Gasteiger partial charge in [0, 0.05) is 50.5 Å². The fourth-order valence-electron chi connectivity index (χ4n) is 4.02. The summed E-state index contributed by atoms with van der Waals surface area (Å²) in [5.41, 5.74) is 3.97. The van der Waals surface area contributed by atoms with E-state index in [1.54, 1.807) is 12.4 Å². The number of rotatable bonds is 7. The van der Waals surface area contributed by atoms with E-state index in [1.807, 2.05) is 30.5 Å². The first kappa shape index (κ1) is 20.2. The van der Waals surface area contributed by atoms with Crippen LogP contribution < -0.4 is 5.32 Å². The number of hydrogen-bond acceptors (Lipinski definition) is 4. The Morgan fingerprint density at radius 1 is 0.967 bits per heavy atom. The normalized spacial score (nSPS) is 15.5. The molecule has 30 heavy (non-hydrogen) atoms. The van der Waals surface area contributed by atoms with Gasteiger partial charge in [0.2, 0.25) is 5.91 Å². The van der Waals surface area contributed by atoms with Gasteiger partial charge in [0.15, 0.2) is 0 Å². The van der Waals surface area contributed by atoms with Crippen LogP contribution in [0.2, 0.25) is 0 Å². The van der Waals surface area contributed by atoms with E-state index in [4.69, 9.17) is 4.74 Å². The monoisotopic (exact) mass is 401 g/mol. The quantitative estimate of drug-likeness (QED) is 0.653. The summed E-state index contributed by atoms with van der Waals surface area (Å²) >= 11 is 0. The van der Waals surface area contributed by atoms with Gasteiger partial charge < -0.3 is 10.1 Å². The molecule has 0 radical (unpaired) electrons. The highest BCUT2D eigenvalue weighted by Crippen LogP contribution is 2.35. The number of aromatic nitrogens is 2. The van der Waals surface area contributed by atoms with Crippen molar-refractivity contribution in [2.75, 3.05) is 19.8 Å². The Bertz CT molecular complexity index is 937. The van der Waals surface area contributed by atoms with Crippen molar-refractivity contribution in [3.8, 4) is 11.1 Å². The average Bonchev–Trinajstić information content (AvgIpc) is 2.81. The number of hydrogen-bond donors (Lipinski definition) is 1. The number of ether oxygens (including phenoxy) is 1. The summed E-state index contributed by atoms with van der Waals surface area (Å²) in [7, 11) is 0. The van der Waals surface area contributed by atoms with E-state index in [0.29, 0.717) is 19.8 Å². The van der Waals surface area contributed by atoms with Gasteiger partial charge in [-0.15, -0.1) is 0 Å². The summed E-state index contributed by atoms with van der Waals surface area (Å²) in [5, 5.41) is 3.16. The van der Waals surface area contributed by atoms with Gasteiger partial charge in [-0.25, -0.2) is 0 Å². The predicted molar refractivity (Wildman–Crippen MR) is 117 cm³/mol. The van der Waals surface area contributed by atoms with E-state index in [9.17, 15) is 4.79 Å². The van der Waals surface area contributed by atoms with E-state index in [1.165, 1.54) is 5.56 Å². The Labute approximate surface area is 177 Å². The topological polar surface area (TPSA) is 64.1 Å². The van der Waals surface area contributed by atoms with Crippen molar-refractivity contribution in [3.05, 3.63) is 84.4 Å². The lowest BCUT2D eigenvalue weighted by Crippen LogP contribution is -2.46. The number of carbonyl (C=O) groups excluding carboxylic acids is 1. The Balaban J connectivity index is 1.43. The average molecular weight is 402 g/mol. The van der Waals surface area contributed by atoms with Crippen molar-refractivity contribution in [1.82, 2.24) is 15.3 Å². The number of nitrogens with one attached hydrogen (secondary N) is 1. The van der Waals surface area contributed by atoms with E-state index in [-0.39, 0.29) is 5.91 Å². The number of nitrogens with zero attached hydrogens (tertiary/aromatic N) is 2. The molecule has 0 aliphatic carbocycles.